The van der Waals surface area contributed by atoms with Crippen LogP contribution in [0.4, 0.5) is 0 Å². The van der Waals surface area contributed by atoms with E-state index in [1.165, 1.54) is 45.2 Å². The van der Waals surface area contributed by atoms with Gasteiger partial charge < -0.3 is 9.64 Å². The van der Waals surface area contributed by atoms with Crippen molar-refractivity contribution in [3.63, 3.8) is 0 Å². The van der Waals surface area contributed by atoms with Gasteiger partial charge in [0.2, 0.25) is 0 Å². The lowest BCUT2D eigenvalue weighted by atomic mass is 9.84. The molecule has 3 aliphatic rings. The highest BCUT2D eigenvalue weighted by Crippen LogP contribution is 2.52. The molecule has 19 heavy (non-hydrogen) atoms. The average Bonchev–Trinajstić information content (AvgIpc) is 3.05. The smallest absolute Gasteiger partial charge is 0.312 e. The molecule has 3 fully saturated rings. The summed E-state index contributed by atoms with van der Waals surface area (Å²) in [6, 6.07) is 0.752. The normalized spacial score (nSPS) is 45.4. The quantitative estimate of drug-likeness (QED) is 0.628. The van der Waals surface area contributed by atoms with Crippen LogP contribution in [0.1, 0.15) is 45.4 Å². The second-order valence-corrected chi connectivity index (χ2v) is 7.96. The highest BCUT2D eigenvalue weighted by atomic mass is 79.9. The number of quaternary nitrogens is 1. The predicted octanol–water partition coefficient (Wildman–Crippen LogP) is 1.55. The van der Waals surface area contributed by atoms with E-state index < -0.39 is 0 Å². The summed E-state index contributed by atoms with van der Waals surface area (Å²) in [5.41, 5.74) is -0.242. The Morgan fingerprint density at radius 1 is 1.32 bits per heavy atom. The number of carbonyl (C=O) groups is 1. The standard InChI is InChI=1S/C15H24BrNO2/c1-15(9-13(15)16)14(18)19-10-11-5-4-8-17-7-3-2-6-12(11)17/h11-13H,2-10H2,1H3/p+1/t11-,12+,13+,15+/m0/s1. The minimum Gasteiger partial charge on any atom is -0.465 e. The number of ether oxygens (including phenoxy) is 1. The third kappa shape index (κ3) is 2.71. The molecule has 0 aromatic carbocycles. The van der Waals surface area contributed by atoms with Crippen molar-refractivity contribution in [1.82, 2.24) is 0 Å². The maximum absolute atomic E-state index is 12.1. The van der Waals surface area contributed by atoms with Gasteiger partial charge in [0.25, 0.3) is 0 Å². The van der Waals surface area contributed by atoms with Crippen LogP contribution in [0.15, 0.2) is 0 Å². The molecular weight excluding hydrogens is 306 g/mol. The molecule has 1 aliphatic carbocycles. The number of esters is 1. The largest absolute Gasteiger partial charge is 0.465 e. The van der Waals surface area contributed by atoms with Crippen LogP contribution in [-0.2, 0) is 9.53 Å². The summed E-state index contributed by atoms with van der Waals surface area (Å²) in [6.07, 6.45) is 7.54. The lowest BCUT2D eigenvalue weighted by Gasteiger charge is -2.41. The van der Waals surface area contributed by atoms with E-state index in [1.54, 1.807) is 4.90 Å². The topological polar surface area (TPSA) is 30.7 Å². The number of alkyl halides is 1. The molecule has 1 N–H and O–H groups in total. The zero-order chi connectivity index (χ0) is 13.5. The summed E-state index contributed by atoms with van der Waals surface area (Å²) < 4.78 is 5.65. The van der Waals surface area contributed by atoms with Crippen molar-refractivity contribution in [3.8, 4) is 0 Å². The number of hydrogen-bond donors (Lipinski definition) is 1. The summed E-state index contributed by atoms with van der Waals surface area (Å²) in [7, 11) is 0. The molecule has 5 atom stereocenters. The third-order valence-electron chi connectivity index (χ3n) is 5.46. The summed E-state index contributed by atoms with van der Waals surface area (Å²) in [5.74, 6) is 0.612. The van der Waals surface area contributed by atoms with E-state index in [9.17, 15) is 4.79 Å². The molecule has 108 valence electrons. The van der Waals surface area contributed by atoms with Crippen LogP contribution in [0, 0.1) is 11.3 Å². The van der Waals surface area contributed by atoms with E-state index >= 15 is 0 Å². The van der Waals surface area contributed by atoms with Gasteiger partial charge in [-0.25, -0.2) is 0 Å². The summed E-state index contributed by atoms with van der Waals surface area (Å²) >= 11 is 3.52. The van der Waals surface area contributed by atoms with Crippen molar-refractivity contribution < 1.29 is 14.4 Å². The minimum absolute atomic E-state index is 0.0114. The Morgan fingerprint density at radius 3 is 2.79 bits per heavy atom. The van der Waals surface area contributed by atoms with E-state index in [-0.39, 0.29) is 11.4 Å². The van der Waals surface area contributed by atoms with Crippen molar-refractivity contribution in [1.29, 1.82) is 0 Å². The SMILES string of the molecule is C[C@@]1(C(=O)OC[C@@H]2CCC[NH+]3CCCC[C@H]23)C[C@H]1Br. The van der Waals surface area contributed by atoms with Gasteiger partial charge in [0, 0.05) is 10.7 Å². The van der Waals surface area contributed by atoms with Crippen LogP contribution < -0.4 is 4.90 Å². The lowest BCUT2D eigenvalue weighted by molar-refractivity contribution is -0.940. The number of carbonyl (C=O) groups excluding carboxylic acids is 1. The van der Waals surface area contributed by atoms with Crippen LogP contribution in [0.2, 0.25) is 0 Å². The summed E-state index contributed by atoms with van der Waals surface area (Å²) in [5, 5.41) is 0. The number of piperidine rings is 2. The van der Waals surface area contributed by atoms with Crippen LogP contribution in [0.3, 0.4) is 0 Å². The van der Waals surface area contributed by atoms with Gasteiger partial charge in [-0.2, -0.15) is 0 Å². The zero-order valence-corrected chi connectivity index (χ0v) is 13.4. The molecule has 4 heteroatoms. The molecule has 3 rings (SSSR count). The number of halogens is 1. The van der Waals surface area contributed by atoms with Crippen LogP contribution in [0.25, 0.3) is 0 Å². The van der Waals surface area contributed by atoms with Crippen LogP contribution >= 0.6 is 15.9 Å². The van der Waals surface area contributed by atoms with Crippen molar-refractivity contribution >= 4 is 21.9 Å². The molecule has 2 saturated heterocycles. The van der Waals surface area contributed by atoms with Gasteiger partial charge >= 0.3 is 5.97 Å². The molecule has 0 amide bonds. The zero-order valence-electron chi connectivity index (χ0n) is 11.8. The van der Waals surface area contributed by atoms with Crippen molar-refractivity contribution in [2.24, 2.45) is 11.3 Å². The fourth-order valence-corrected chi connectivity index (χ4v) is 4.71. The van der Waals surface area contributed by atoms with Gasteiger partial charge in [-0.1, -0.05) is 15.9 Å². The Kier molecular flexibility index (Phi) is 3.91. The summed E-state index contributed by atoms with van der Waals surface area (Å²) in [6.45, 7) is 5.32. The molecule has 2 heterocycles. The number of nitrogens with one attached hydrogen (secondary N) is 1. The average molecular weight is 331 g/mol. The monoisotopic (exact) mass is 330 g/mol. The molecule has 0 radical (unpaired) electrons. The minimum atomic E-state index is -0.242. The predicted molar refractivity (Wildman–Crippen MR) is 77.5 cm³/mol. The van der Waals surface area contributed by atoms with Crippen molar-refractivity contribution in [2.45, 2.75) is 56.3 Å². The van der Waals surface area contributed by atoms with Gasteiger partial charge in [0.15, 0.2) is 0 Å². The maximum Gasteiger partial charge on any atom is 0.312 e. The van der Waals surface area contributed by atoms with Gasteiger partial charge in [-0.15, -0.1) is 0 Å². The number of fused-ring (bicyclic) bond motifs is 1. The molecule has 1 unspecified atom stereocenters. The van der Waals surface area contributed by atoms with Crippen LogP contribution in [0.5, 0.6) is 0 Å². The molecule has 2 aliphatic heterocycles. The molecular formula is C15H25BrNO2+. The first-order valence-corrected chi connectivity index (χ1v) is 8.69. The highest BCUT2D eigenvalue weighted by Gasteiger charge is 2.56. The third-order valence-corrected chi connectivity index (χ3v) is 6.79. The van der Waals surface area contributed by atoms with Crippen LogP contribution in [-0.4, -0.2) is 36.5 Å². The first-order valence-electron chi connectivity index (χ1n) is 7.77. The van der Waals surface area contributed by atoms with Gasteiger partial charge in [0.05, 0.1) is 31.2 Å². The van der Waals surface area contributed by atoms with E-state index in [2.05, 4.69) is 15.9 Å². The Labute approximate surface area is 124 Å². The molecule has 1 saturated carbocycles. The lowest BCUT2D eigenvalue weighted by Crippen LogP contribution is -3.18. The Morgan fingerprint density at radius 2 is 2.05 bits per heavy atom. The fourth-order valence-electron chi connectivity index (χ4n) is 3.85. The van der Waals surface area contributed by atoms with Crippen molar-refractivity contribution in [3.05, 3.63) is 0 Å². The molecule has 3 nitrogen and oxygen atoms in total. The second kappa shape index (κ2) is 5.36. The summed E-state index contributed by atoms with van der Waals surface area (Å²) in [4.78, 5) is 14.2. The van der Waals surface area contributed by atoms with E-state index in [0.29, 0.717) is 17.4 Å². The number of rotatable bonds is 3. The fraction of sp³-hybridized carbons (Fsp3) is 0.933. The van der Waals surface area contributed by atoms with Gasteiger partial charge in [-0.3, -0.25) is 4.79 Å². The molecule has 0 bridgehead atoms. The molecule has 0 spiro atoms. The van der Waals surface area contributed by atoms with E-state index in [4.69, 9.17) is 4.74 Å². The first kappa shape index (κ1) is 13.9. The second-order valence-electron chi connectivity index (χ2n) is 6.85. The van der Waals surface area contributed by atoms with Crippen molar-refractivity contribution in [2.75, 3.05) is 19.7 Å². The Hall–Kier alpha value is -0.0900. The van der Waals surface area contributed by atoms with E-state index in [1.807, 2.05) is 6.92 Å². The molecule has 0 aromatic heterocycles. The Bertz CT molecular complexity index is 360. The van der Waals surface area contributed by atoms with Gasteiger partial charge in [0.1, 0.15) is 0 Å². The van der Waals surface area contributed by atoms with E-state index in [0.717, 1.165) is 12.5 Å². The molecule has 0 aromatic rings. The number of hydrogen-bond acceptors (Lipinski definition) is 2. The highest BCUT2D eigenvalue weighted by molar-refractivity contribution is 9.09. The Balaban J connectivity index is 1.53. The maximum atomic E-state index is 12.1. The first-order chi connectivity index (χ1) is 9.11. The van der Waals surface area contributed by atoms with Gasteiger partial charge in [-0.05, 0) is 45.4 Å².